The molecule has 0 radical (unpaired) electrons. The molecule has 1 N–H and O–H groups in total. The molecule has 84 valence electrons. The Balaban J connectivity index is 2.32. The molecule has 0 aromatic carbocycles. The fourth-order valence-electron chi connectivity index (χ4n) is 1.22. The van der Waals surface area contributed by atoms with E-state index in [4.69, 9.17) is 0 Å². The zero-order chi connectivity index (χ0) is 11.5. The molecule has 0 atom stereocenters. The summed E-state index contributed by atoms with van der Waals surface area (Å²) < 4.78 is 1.60. The summed E-state index contributed by atoms with van der Waals surface area (Å²) in [5, 5.41) is 8.10. The van der Waals surface area contributed by atoms with Crippen molar-refractivity contribution in [2.45, 2.75) is 6.92 Å². The molecule has 2 heterocycles. The van der Waals surface area contributed by atoms with E-state index in [2.05, 4.69) is 25.6 Å². The van der Waals surface area contributed by atoms with Gasteiger partial charge in [-0.25, -0.2) is 4.98 Å². The van der Waals surface area contributed by atoms with E-state index in [0.29, 0.717) is 5.78 Å². The number of hydrogen-bond donors (Lipinski definition) is 1. The van der Waals surface area contributed by atoms with E-state index in [-0.39, 0.29) is 0 Å². The van der Waals surface area contributed by atoms with Gasteiger partial charge in [0.2, 0.25) is 0 Å². The summed E-state index contributed by atoms with van der Waals surface area (Å²) in [6.45, 7) is 1.90. The van der Waals surface area contributed by atoms with E-state index >= 15 is 0 Å². The van der Waals surface area contributed by atoms with E-state index < -0.39 is 0 Å². The molecule has 7 nitrogen and oxygen atoms in total. The lowest BCUT2D eigenvalue weighted by Crippen LogP contribution is -2.10. The summed E-state index contributed by atoms with van der Waals surface area (Å²) in [5.41, 5.74) is 3.76. The van der Waals surface area contributed by atoms with Gasteiger partial charge in [-0.1, -0.05) is 0 Å². The van der Waals surface area contributed by atoms with Crippen molar-refractivity contribution in [3.8, 4) is 0 Å². The summed E-state index contributed by atoms with van der Waals surface area (Å²) in [6, 6.07) is 1.86. The van der Waals surface area contributed by atoms with Crippen molar-refractivity contribution >= 4 is 17.9 Å². The third-order valence-corrected chi connectivity index (χ3v) is 1.85. The van der Waals surface area contributed by atoms with Crippen LogP contribution < -0.4 is 5.43 Å². The number of hydrazone groups is 1. The van der Waals surface area contributed by atoms with Crippen LogP contribution in [0.1, 0.15) is 5.69 Å². The highest BCUT2D eigenvalue weighted by molar-refractivity contribution is 5.56. The second kappa shape index (κ2) is 4.13. The molecule has 0 aliphatic rings. The highest BCUT2D eigenvalue weighted by Crippen LogP contribution is 2.09. The van der Waals surface area contributed by atoms with E-state index in [9.17, 15) is 0 Å². The highest BCUT2D eigenvalue weighted by atomic mass is 15.4. The first kappa shape index (κ1) is 10.3. The Morgan fingerprint density at radius 3 is 3.06 bits per heavy atom. The Morgan fingerprint density at radius 2 is 2.31 bits per heavy atom. The molecule has 0 aliphatic heterocycles. The molecule has 0 unspecified atom stereocenters. The lowest BCUT2D eigenvalue weighted by atomic mass is 10.4. The average Bonchev–Trinajstić information content (AvgIpc) is 2.64. The number of nitrogens with one attached hydrogen (secondary N) is 1. The Hall–Kier alpha value is -2.18. The molecule has 2 aromatic rings. The summed E-state index contributed by atoms with van der Waals surface area (Å²) in [4.78, 5) is 10.1. The van der Waals surface area contributed by atoms with Crippen LogP contribution in [-0.2, 0) is 0 Å². The van der Waals surface area contributed by atoms with Gasteiger partial charge < -0.3 is 4.90 Å². The van der Waals surface area contributed by atoms with Gasteiger partial charge in [-0.05, 0) is 6.92 Å². The molecule has 0 saturated carbocycles. The van der Waals surface area contributed by atoms with Crippen LogP contribution in [0.25, 0.3) is 5.78 Å². The van der Waals surface area contributed by atoms with Crippen molar-refractivity contribution < 1.29 is 0 Å². The van der Waals surface area contributed by atoms with Crippen LogP contribution in [0.2, 0.25) is 0 Å². The number of anilines is 1. The lowest BCUT2D eigenvalue weighted by molar-refractivity contribution is 0.641. The molecular weight excluding hydrogens is 206 g/mol. The summed E-state index contributed by atoms with van der Waals surface area (Å²) in [7, 11) is 3.79. The van der Waals surface area contributed by atoms with Crippen LogP contribution in [0.15, 0.2) is 17.5 Å². The molecule has 16 heavy (non-hydrogen) atoms. The monoisotopic (exact) mass is 219 g/mol. The van der Waals surface area contributed by atoms with Crippen LogP contribution in [0.5, 0.6) is 0 Å². The minimum atomic E-state index is 0.558. The zero-order valence-electron chi connectivity index (χ0n) is 9.42. The SMILES string of the molecule is Cc1cc(N/N=C/N(C)C)n2ncnc2n1. The van der Waals surface area contributed by atoms with Crippen LogP contribution in [0, 0.1) is 6.92 Å². The number of aromatic nitrogens is 4. The van der Waals surface area contributed by atoms with Crippen LogP contribution in [-0.4, -0.2) is 44.9 Å². The van der Waals surface area contributed by atoms with E-state index in [1.54, 1.807) is 10.9 Å². The van der Waals surface area contributed by atoms with Gasteiger partial charge in [-0.3, -0.25) is 5.43 Å². The molecule has 0 bridgehead atoms. The van der Waals surface area contributed by atoms with Gasteiger partial charge in [0, 0.05) is 25.9 Å². The molecule has 0 aliphatic carbocycles. The second-order valence-electron chi connectivity index (χ2n) is 3.57. The third kappa shape index (κ3) is 2.08. The maximum absolute atomic E-state index is 4.23. The van der Waals surface area contributed by atoms with Crippen molar-refractivity contribution in [3.05, 3.63) is 18.1 Å². The minimum absolute atomic E-state index is 0.558. The molecule has 2 aromatic heterocycles. The largest absolute Gasteiger partial charge is 0.367 e. The molecular formula is C9H13N7. The topological polar surface area (TPSA) is 70.7 Å². The standard InChI is InChI=1S/C9H13N7/c1-7-4-8(14-11-6-15(2)3)16-9(13-7)10-5-12-16/h4-6,14H,1-3H3/b11-6+. The molecule has 0 fully saturated rings. The van der Waals surface area contributed by atoms with Gasteiger partial charge in [-0.2, -0.15) is 19.7 Å². The first-order chi connectivity index (χ1) is 7.66. The maximum Gasteiger partial charge on any atom is 0.254 e. The van der Waals surface area contributed by atoms with Crippen LogP contribution >= 0.6 is 0 Å². The first-order valence-corrected chi connectivity index (χ1v) is 4.80. The van der Waals surface area contributed by atoms with E-state index in [1.807, 2.05) is 32.0 Å². The van der Waals surface area contributed by atoms with Gasteiger partial charge in [0.1, 0.15) is 12.7 Å². The molecule has 0 spiro atoms. The van der Waals surface area contributed by atoms with Gasteiger partial charge in [0.15, 0.2) is 5.82 Å². The van der Waals surface area contributed by atoms with Gasteiger partial charge >= 0.3 is 0 Å². The van der Waals surface area contributed by atoms with Crippen molar-refractivity contribution in [2.24, 2.45) is 5.10 Å². The molecule has 0 amide bonds. The van der Waals surface area contributed by atoms with Crippen molar-refractivity contribution in [2.75, 3.05) is 19.5 Å². The lowest BCUT2D eigenvalue weighted by Gasteiger charge is -2.05. The number of nitrogens with zero attached hydrogens (tertiary/aromatic N) is 6. The molecule has 2 rings (SSSR count). The van der Waals surface area contributed by atoms with Gasteiger partial charge in [0.25, 0.3) is 5.78 Å². The quantitative estimate of drug-likeness (QED) is 0.458. The second-order valence-corrected chi connectivity index (χ2v) is 3.57. The van der Waals surface area contributed by atoms with Crippen molar-refractivity contribution in [1.29, 1.82) is 0 Å². The fourth-order valence-corrected chi connectivity index (χ4v) is 1.22. The Labute approximate surface area is 92.8 Å². The zero-order valence-corrected chi connectivity index (χ0v) is 9.42. The first-order valence-electron chi connectivity index (χ1n) is 4.80. The predicted octanol–water partition coefficient (Wildman–Crippen LogP) is 0.350. The number of fused-ring (bicyclic) bond motifs is 1. The van der Waals surface area contributed by atoms with Crippen molar-refractivity contribution in [3.63, 3.8) is 0 Å². The third-order valence-electron chi connectivity index (χ3n) is 1.85. The van der Waals surface area contributed by atoms with E-state index in [1.165, 1.54) is 6.33 Å². The Morgan fingerprint density at radius 1 is 1.50 bits per heavy atom. The van der Waals surface area contributed by atoms with Crippen LogP contribution in [0.3, 0.4) is 0 Å². The fraction of sp³-hybridized carbons (Fsp3) is 0.333. The predicted molar refractivity (Wildman–Crippen MR) is 61.3 cm³/mol. The minimum Gasteiger partial charge on any atom is -0.367 e. The van der Waals surface area contributed by atoms with Gasteiger partial charge in [-0.15, -0.1) is 0 Å². The normalized spacial score (nSPS) is 11.2. The van der Waals surface area contributed by atoms with Crippen LogP contribution in [0.4, 0.5) is 5.82 Å². The molecule has 0 saturated heterocycles. The average molecular weight is 219 g/mol. The number of rotatable bonds is 3. The van der Waals surface area contributed by atoms with Crippen molar-refractivity contribution in [1.82, 2.24) is 24.5 Å². The molecule has 7 heteroatoms. The summed E-state index contributed by atoms with van der Waals surface area (Å²) >= 11 is 0. The summed E-state index contributed by atoms with van der Waals surface area (Å²) in [6.07, 6.45) is 3.13. The summed E-state index contributed by atoms with van der Waals surface area (Å²) in [5.74, 6) is 1.29. The maximum atomic E-state index is 4.23. The Bertz CT molecular complexity index is 514. The number of aryl methyl sites for hydroxylation is 1. The van der Waals surface area contributed by atoms with Gasteiger partial charge in [0.05, 0.1) is 0 Å². The number of hydrogen-bond acceptors (Lipinski definition) is 5. The highest BCUT2D eigenvalue weighted by Gasteiger charge is 2.03. The smallest absolute Gasteiger partial charge is 0.254 e. The Kier molecular flexibility index (Phi) is 2.67. The van der Waals surface area contributed by atoms with E-state index in [0.717, 1.165) is 11.5 Å².